The summed E-state index contributed by atoms with van der Waals surface area (Å²) in [5.74, 6) is 3.38. The molecular weight excluding hydrogens is 456 g/mol. The van der Waals surface area contributed by atoms with E-state index in [1.807, 2.05) is 42.5 Å². The second kappa shape index (κ2) is 9.59. The standard InChI is InChI=1S/C26H24N8O2/c1-35-22-5-4-20-14-18(2-3-21(20)15-22)17-28-31-23-16-24(33-10-12-36-13-11-33)34-26(29-23)30-25(32-34)19-6-8-27-9-7-19/h2-9,14-17H,10-13H2,1H3,(H,29,30,31,32)/b28-17+. The number of nitrogens with one attached hydrogen (secondary N) is 1. The largest absolute Gasteiger partial charge is 0.497 e. The minimum atomic E-state index is 0.489. The smallest absolute Gasteiger partial charge is 0.256 e. The molecule has 10 heteroatoms. The number of morpholine rings is 1. The lowest BCUT2D eigenvalue weighted by molar-refractivity contribution is 0.122. The van der Waals surface area contributed by atoms with Crippen molar-refractivity contribution in [2.45, 2.75) is 0 Å². The van der Waals surface area contributed by atoms with E-state index in [0.29, 0.717) is 30.6 Å². The molecule has 1 aliphatic heterocycles. The number of anilines is 2. The van der Waals surface area contributed by atoms with Crippen molar-refractivity contribution in [3.8, 4) is 17.1 Å². The lowest BCUT2D eigenvalue weighted by atomic mass is 10.1. The first kappa shape index (κ1) is 21.9. The molecule has 180 valence electrons. The van der Waals surface area contributed by atoms with E-state index in [4.69, 9.17) is 14.6 Å². The van der Waals surface area contributed by atoms with Gasteiger partial charge in [0.25, 0.3) is 5.78 Å². The zero-order chi connectivity index (χ0) is 24.3. The van der Waals surface area contributed by atoms with E-state index in [1.165, 1.54) is 0 Å². The van der Waals surface area contributed by atoms with Gasteiger partial charge in [-0.1, -0.05) is 18.2 Å². The maximum absolute atomic E-state index is 5.54. The molecule has 0 spiro atoms. The Kier molecular flexibility index (Phi) is 5.84. The Morgan fingerprint density at radius 3 is 2.61 bits per heavy atom. The lowest BCUT2D eigenvalue weighted by Gasteiger charge is -2.28. The van der Waals surface area contributed by atoms with Crippen LogP contribution in [0.5, 0.6) is 5.75 Å². The number of hydrogen-bond acceptors (Lipinski definition) is 9. The maximum Gasteiger partial charge on any atom is 0.256 e. The van der Waals surface area contributed by atoms with Crippen LogP contribution in [0.1, 0.15) is 5.56 Å². The van der Waals surface area contributed by atoms with Crippen molar-refractivity contribution in [3.63, 3.8) is 0 Å². The fraction of sp³-hybridized carbons (Fsp3) is 0.192. The zero-order valence-corrected chi connectivity index (χ0v) is 19.7. The monoisotopic (exact) mass is 480 g/mol. The lowest BCUT2D eigenvalue weighted by Crippen LogP contribution is -2.37. The van der Waals surface area contributed by atoms with Crippen LogP contribution >= 0.6 is 0 Å². The Hall–Kier alpha value is -4.57. The molecule has 1 fully saturated rings. The van der Waals surface area contributed by atoms with E-state index in [0.717, 1.165) is 46.6 Å². The van der Waals surface area contributed by atoms with Crippen molar-refractivity contribution in [2.75, 3.05) is 43.7 Å². The summed E-state index contributed by atoms with van der Waals surface area (Å²) in [6.07, 6.45) is 5.22. The Labute approximate surface area is 207 Å². The highest BCUT2D eigenvalue weighted by molar-refractivity contribution is 5.91. The summed E-state index contributed by atoms with van der Waals surface area (Å²) in [4.78, 5) is 15.6. The molecular formula is C26H24N8O2. The molecule has 0 amide bonds. The van der Waals surface area contributed by atoms with Gasteiger partial charge in [-0.25, -0.2) is 0 Å². The molecule has 1 saturated heterocycles. The van der Waals surface area contributed by atoms with E-state index in [2.05, 4.69) is 42.5 Å². The number of methoxy groups -OCH3 is 1. The molecule has 0 atom stereocenters. The van der Waals surface area contributed by atoms with Crippen LogP contribution in [0.3, 0.4) is 0 Å². The van der Waals surface area contributed by atoms with Gasteiger partial charge in [-0.3, -0.25) is 10.4 Å². The van der Waals surface area contributed by atoms with E-state index < -0.39 is 0 Å². The first-order chi connectivity index (χ1) is 17.8. The van der Waals surface area contributed by atoms with E-state index in [9.17, 15) is 0 Å². The SMILES string of the molecule is COc1ccc2cc(/C=N/Nc3cc(N4CCOCC4)n4nc(-c5ccncc5)nc4n3)ccc2c1. The van der Waals surface area contributed by atoms with Crippen LogP contribution in [0.4, 0.5) is 11.6 Å². The number of pyridine rings is 1. The fourth-order valence-corrected chi connectivity index (χ4v) is 4.17. The summed E-state index contributed by atoms with van der Waals surface area (Å²) < 4.78 is 12.6. The van der Waals surface area contributed by atoms with Crippen LogP contribution in [-0.2, 0) is 4.74 Å². The Morgan fingerprint density at radius 1 is 0.972 bits per heavy atom. The summed E-state index contributed by atoms with van der Waals surface area (Å²) in [6.45, 7) is 2.83. The molecule has 2 aromatic carbocycles. The van der Waals surface area contributed by atoms with Gasteiger partial charge in [0.15, 0.2) is 11.6 Å². The highest BCUT2D eigenvalue weighted by Gasteiger charge is 2.19. The van der Waals surface area contributed by atoms with Gasteiger partial charge in [0, 0.05) is 37.1 Å². The topological polar surface area (TPSA) is 102 Å². The molecule has 1 aliphatic rings. The molecule has 0 radical (unpaired) electrons. The third-order valence-electron chi connectivity index (χ3n) is 6.03. The first-order valence-electron chi connectivity index (χ1n) is 11.6. The Morgan fingerprint density at radius 2 is 1.78 bits per heavy atom. The molecule has 4 heterocycles. The van der Waals surface area contributed by atoms with Crippen molar-refractivity contribution in [1.82, 2.24) is 24.6 Å². The van der Waals surface area contributed by atoms with Crippen molar-refractivity contribution < 1.29 is 9.47 Å². The second-order valence-corrected chi connectivity index (χ2v) is 8.32. The number of hydrogen-bond donors (Lipinski definition) is 1. The van der Waals surface area contributed by atoms with Crippen LogP contribution in [0.2, 0.25) is 0 Å². The van der Waals surface area contributed by atoms with Gasteiger partial charge in [0.1, 0.15) is 11.6 Å². The van der Waals surface area contributed by atoms with Gasteiger partial charge in [-0.15, -0.1) is 5.10 Å². The van der Waals surface area contributed by atoms with Crippen LogP contribution in [0.25, 0.3) is 27.9 Å². The molecule has 6 rings (SSSR count). The van der Waals surface area contributed by atoms with Crippen molar-refractivity contribution in [3.05, 3.63) is 72.6 Å². The summed E-state index contributed by atoms with van der Waals surface area (Å²) >= 11 is 0. The normalized spacial score (nSPS) is 14.1. The molecule has 1 N–H and O–H groups in total. The third kappa shape index (κ3) is 4.41. The van der Waals surface area contributed by atoms with Gasteiger partial charge in [0.2, 0.25) is 0 Å². The molecule has 0 unspecified atom stereocenters. The van der Waals surface area contributed by atoms with Crippen LogP contribution in [-0.4, -0.2) is 64.2 Å². The summed E-state index contributed by atoms with van der Waals surface area (Å²) in [5.41, 5.74) is 4.92. The first-order valence-corrected chi connectivity index (χ1v) is 11.6. The predicted molar refractivity (Wildman–Crippen MR) is 139 cm³/mol. The molecule has 0 aliphatic carbocycles. The summed E-state index contributed by atoms with van der Waals surface area (Å²) in [6, 6.07) is 17.8. The number of aromatic nitrogens is 5. The quantitative estimate of drug-likeness (QED) is 0.290. The summed E-state index contributed by atoms with van der Waals surface area (Å²) in [7, 11) is 1.67. The van der Waals surface area contributed by atoms with Crippen LogP contribution in [0.15, 0.2) is 72.1 Å². The summed E-state index contributed by atoms with van der Waals surface area (Å²) in [5, 5.41) is 11.4. The third-order valence-corrected chi connectivity index (χ3v) is 6.03. The van der Waals surface area contributed by atoms with Gasteiger partial charge in [-0.05, 0) is 46.7 Å². The zero-order valence-electron chi connectivity index (χ0n) is 19.7. The molecule has 36 heavy (non-hydrogen) atoms. The average Bonchev–Trinajstić information content (AvgIpc) is 3.37. The minimum absolute atomic E-state index is 0.489. The predicted octanol–water partition coefficient (Wildman–Crippen LogP) is 3.63. The van der Waals surface area contributed by atoms with Crippen LogP contribution in [0, 0.1) is 0 Å². The highest BCUT2D eigenvalue weighted by atomic mass is 16.5. The van der Waals surface area contributed by atoms with E-state index in [-0.39, 0.29) is 0 Å². The van der Waals surface area contributed by atoms with Gasteiger partial charge >= 0.3 is 0 Å². The molecule has 3 aromatic heterocycles. The average molecular weight is 481 g/mol. The second-order valence-electron chi connectivity index (χ2n) is 8.32. The molecule has 10 nitrogen and oxygen atoms in total. The fourth-order valence-electron chi connectivity index (χ4n) is 4.17. The Balaban J connectivity index is 1.31. The number of nitrogens with zero attached hydrogens (tertiary/aromatic N) is 7. The number of benzene rings is 2. The maximum atomic E-state index is 5.54. The highest BCUT2D eigenvalue weighted by Crippen LogP contribution is 2.24. The molecule has 0 bridgehead atoms. The van der Waals surface area contributed by atoms with Gasteiger partial charge < -0.3 is 14.4 Å². The van der Waals surface area contributed by atoms with Crippen molar-refractivity contribution in [1.29, 1.82) is 0 Å². The minimum Gasteiger partial charge on any atom is -0.497 e. The van der Waals surface area contributed by atoms with Gasteiger partial charge in [-0.2, -0.15) is 19.6 Å². The number of hydrazone groups is 1. The molecule has 5 aromatic rings. The van der Waals surface area contributed by atoms with Crippen LogP contribution < -0.4 is 15.1 Å². The van der Waals surface area contributed by atoms with Crippen molar-refractivity contribution >= 4 is 34.4 Å². The van der Waals surface area contributed by atoms with Gasteiger partial charge in [0.05, 0.1) is 26.5 Å². The Bertz CT molecular complexity index is 1540. The number of fused-ring (bicyclic) bond motifs is 2. The van der Waals surface area contributed by atoms with E-state index in [1.54, 1.807) is 30.2 Å². The van der Waals surface area contributed by atoms with E-state index >= 15 is 0 Å². The number of rotatable bonds is 6. The number of ether oxygens (including phenoxy) is 2. The van der Waals surface area contributed by atoms with Crippen molar-refractivity contribution in [2.24, 2.45) is 5.10 Å². The molecule has 0 saturated carbocycles.